The minimum atomic E-state index is -0.270. The molecule has 0 bridgehead atoms. The molecule has 1 aromatic rings. The van der Waals surface area contributed by atoms with E-state index in [9.17, 15) is 9.59 Å². The zero-order chi connectivity index (χ0) is 20.0. The van der Waals surface area contributed by atoms with Crippen LogP contribution in [0.3, 0.4) is 0 Å². The van der Waals surface area contributed by atoms with Gasteiger partial charge in [0.05, 0.1) is 11.7 Å². The smallest absolute Gasteiger partial charge is 0.251 e. The van der Waals surface area contributed by atoms with Crippen LogP contribution in [0.25, 0.3) is 0 Å². The number of anilines is 3. The molecule has 9 nitrogen and oxygen atoms in total. The van der Waals surface area contributed by atoms with Crippen molar-refractivity contribution in [2.75, 3.05) is 42.3 Å². The number of amides is 2. The summed E-state index contributed by atoms with van der Waals surface area (Å²) in [4.78, 5) is 37.7. The van der Waals surface area contributed by atoms with Crippen LogP contribution in [-0.4, -0.2) is 71.6 Å². The van der Waals surface area contributed by atoms with Gasteiger partial charge in [-0.3, -0.25) is 9.59 Å². The summed E-state index contributed by atoms with van der Waals surface area (Å²) in [7, 11) is 1.89. The topological polar surface area (TPSA) is 99.7 Å². The third-order valence-electron chi connectivity index (χ3n) is 5.70. The number of likely N-dealkylation sites (tertiary alicyclic amines) is 1. The molecule has 1 aromatic heterocycles. The van der Waals surface area contributed by atoms with Gasteiger partial charge in [-0.1, -0.05) is 13.8 Å². The Kier molecular flexibility index (Phi) is 4.86. The SMILES string of the molecule is Cc1nc(NC2CN(C(=O)[C@@H]3CCCO3)C2)nc2c1NC(=O)[C@H](C(C)C)N2C. The van der Waals surface area contributed by atoms with Gasteiger partial charge in [0.1, 0.15) is 17.8 Å². The number of hydrogen-bond donors (Lipinski definition) is 2. The summed E-state index contributed by atoms with van der Waals surface area (Å²) in [5, 5.41) is 6.28. The van der Waals surface area contributed by atoms with E-state index in [1.165, 1.54) is 0 Å². The van der Waals surface area contributed by atoms with Gasteiger partial charge in [0, 0.05) is 26.7 Å². The lowest BCUT2D eigenvalue weighted by Gasteiger charge is -2.41. The van der Waals surface area contributed by atoms with E-state index < -0.39 is 0 Å². The van der Waals surface area contributed by atoms with Gasteiger partial charge in [-0.15, -0.1) is 0 Å². The number of nitrogens with zero attached hydrogens (tertiary/aromatic N) is 4. The van der Waals surface area contributed by atoms with Crippen LogP contribution >= 0.6 is 0 Å². The Labute approximate surface area is 164 Å². The molecule has 2 atom stereocenters. The fourth-order valence-electron chi connectivity index (χ4n) is 4.19. The van der Waals surface area contributed by atoms with Crippen LogP contribution in [0.2, 0.25) is 0 Å². The van der Waals surface area contributed by atoms with Crippen LogP contribution in [0.1, 0.15) is 32.4 Å². The van der Waals surface area contributed by atoms with E-state index in [0.717, 1.165) is 24.4 Å². The van der Waals surface area contributed by atoms with Gasteiger partial charge in [0.15, 0.2) is 5.82 Å². The highest BCUT2D eigenvalue weighted by atomic mass is 16.5. The number of ether oxygens (including phenoxy) is 1. The molecular formula is C19H28N6O3. The van der Waals surface area contributed by atoms with Crippen LogP contribution in [0, 0.1) is 12.8 Å². The zero-order valence-electron chi connectivity index (χ0n) is 16.9. The maximum Gasteiger partial charge on any atom is 0.251 e. The molecule has 9 heteroatoms. The van der Waals surface area contributed by atoms with Crippen molar-refractivity contribution in [1.82, 2.24) is 14.9 Å². The molecule has 28 heavy (non-hydrogen) atoms. The van der Waals surface area contributed by atoms with Crippen LogP contribution in [0.15, 0.2) is 0 Å². The van der Waals surface area contributed by atoms with Crippen molar-refractivity contribution in [3.05, 3.63) is 5.69 Å². The number of carbonyl (C=O) groups excluding carboxylic acids is 2. The number of aryl methyl sites for hydroxylation is 1. The van der Waals surface area contributed by atoms with Crippen LogP contribution < -0.4 is 15.5 Å². The molecule has 2 fully saturated rings. The van der Waals surface area contributed by atoms with Crippen LogP contribution in [0.4, 0.5) is 17.5 Å². The Balaban J connectivity index is 1.44. The van der Waals surface area contributed by atoms with Gasteiger partial charge < -0.3 is 25.2 Å². The van der Waals surface area contributed by atoms with Gasteiger partial charge in [-0.05, 0) is 25.7 Å². The van der Waals surface area contributed by atoms with E-state index in [4.69, 9.17) is 4.74 Å². The monoisotopic (exact) mass is 388 g/mol. The second kappa shape index (κ2) is 7.20. The number of carbonyl (C=O) groups is 2. The normalized spacial score (nSPS) is 24.8. The highest BCUT2D eigenvalue weighted by Gasteiger charge is 2.38. The highest BCUT2D eigenvalue weighted by molar-refractivity contribution is 6.03. The van der Waals surface area contributed by atoms with Crippen molar-refractivity contribution in [2.24, 2.45) is 5.92 Å². The maximum atomic E-state index is 12.4. The molecule has 3 aliphatic rings. The third-order valence-corrected chi connectivity index (χ3v) is 5.70. The molecule has 2 saturated heterocycles. The predicted molar refractivity (Wildman–Crippen MR) is 105 cm³/mol. The van der Waals surface area contributed by atoms with Crippen molar-refractivity contribution >= 4 is 29.3 Å². The van der Waals surface area contributed by atoms with E-state index in [0.29, 0.717) is 31.3 Å². The molecule has 2 amide bonds. The number of hydrogen-bond acceptors (Lipinski definition) is 7. The minimum absolute atomic E-state index is 0.0281. The summed E-state index contributed by atoms with van der Waals surface area (Å²) in [6.07, 6.45) is 1.50. The fraction of sp³-hybridized carbons (Fsp3) is 0.684. The molecule has 0 spiro atoms. The number of nitrogens with one attached hydrogen (secondary N) is 2. The van der Waals surface area contributed by atoms with Gasteiger partial charge in [0.25, 0.3) is 5.91 Å². The second-order valence-electron chi connectivity index (χ2n) is 8.21. The third kappa shape index (κ3) is 3.28. The van der Waals surface area contributed by atoms with Crippen molar-refractivity contribution in [1.29, 1.82) is 0 Å². The molecule has 0 aliphatic carbocycles. The molecule has 4 heterocycles. The minimum Gasteiger partial charge on any atom is -0.368 e. The zero-order valence-corrected chi connectivity index (χ0v) is 16.9. The lowest BCUT2D eigenvalue weighted by molar-refractivity contribution is -0.145. The van der Waals surface area contributed by atoms with E-state index >= 15 is 0 Å². The summed E-state index contributed by atoms with van der Waals surface area (Å²) in [6, 6.07) is -0.148. The first-order valence-electron chi connectivity index (χ1n) is 9.94. The second-order valence-corrected chi connectivity index (χ2v) is 8.21. The van der Waals surface area contributed by atoms with Crippen molar-refractivity contribution in [2.45, 2.75) is 51.8 Å². The molecule has 0 unspecified atom stereocenters. The largest absolute Gasteiger partial charge is 0.368 e. The summed E-state index contributed by atoms with van der Waals surface area (Å²) in [6.45, 7) is 7.83. The molecule has 0 aromatic carbocycles. The molecule has 0 saturated carbocycles. The Morgan fingerprint density at radius 1 is 1.32 bits per heavy atom. The van der Waals surface area contributed by atoms with Crippen LogP contribution in [0.5, 0.6) is 0 Å². The average Bonchev–Trinajstić information content (AvgIpc) is 3.12. The Hall–Kier alpha value is -2.42. The first kappa shape index (κ1) is 18.9. The summed E-state index contributed by atoms with van der Waals surface area (Å²) in [5.41, 5.74) is 1.39. The lowest BCUT2D eigenvalue weighted by Crippen LogP contribution is -2.59. The Bertz CT molecular complexity index is 786. The molecule has 2 N–H and O–H groups in total. The maximum absolute atomic E-state index is 12.4. The highest BCUT2D eigenvalue weighted by Crippen LogP contribution is 2.34. The number of fused-ring (bicyclic) bond motifs is 1. The van der Waals surface area contributed by atoms with Crippen LogP contribution in [-0.2, 0) is 14.3 Å². The summed E-state index contributed by atoms with van der Waals surface area (Å²) in [5.74, 6) is 1.46. The average molecular weight is 388 g/mol. The molecule has 4 rings (SSSR count). The van der Waals surface area contributed by atoms with Crippen molar-refractivity contribution in [3.63, 3.8) is 0 Å². The van der Waals surface area contributed by atoms with Gasteiger partial charge in [-0.2, -0.15) is 4.98 Å². The van der Waals surface area contributed by atoms with E-state index in [1.807, 2.05) is 37.6 Å². The number of rotatable bonds is 4. The predicted octanol–water partition coefficient (Wildman–Crippen LogP) is 1.000. The molecule has 152 valence electrons. The quantitative estimate of drug-likeness (QED) is 0.794. The number of likely N-dealkylation sites (N-methyl/N-ethyl adjacent to an activating group) is 1. The van der Waals surface area contributed by atoms with Crippen molar-refractivity contribution < 1.29 is 14.3 Å². The molecular weight excluding hydrogens is 360 g/mol. The van der Waals surface area contributed by atoms with Gasteiger partial charge in [-0.25, -0.2) is 4.98 Å². The standard InChI is InChI=1S/C19H28N6O3/c1-10(2)15-17(26)22-14-11(3)20-19(23-16(14)24(15)4)21-12-8-25(9-12)18(27)13-6-5-7-28-13/h10,12-13,15H,5-9H2,1-4H3,(H,22,26)(H,20,21,23)/t13-,15-/m0/s1. The first-order valence-corrected chi connectivity index (χ1v) is 9.94. The molecule has 0 radical (unpaired) electrons. The molecule has 3 aliphatic heterocycles. The fourth-order valence-corrected chi connectivity index (χ4v) is 4.19. The van der Waals surface area contributed by atoms with E-state index in [-0.39, 0.29) is 35.9 Å². The van der Waals surface area contributed by atoms with E-state index in [1.54, 1.807) is 0 Å². The van der Waals surface area contributed by atoms with Crippen molar-refractivity contribution in [3.8, 4) is 0 Å². The Morgan fingerprint density at radius 2 is 2.07 bits per heavy atom. The lowest BCUT2D eigenvalue weighted by atomic mass is 9.99. The summed E-state index contributed by atoms with van der Waals surface area (Å²) < 4.78 is 5.48. The Morgan fingerprint density at radius 3 is 2.71 bits per heavy atom. The van der Waals surface area contributed by atoms with Gasteiger partial charge in [0.2, 0.25) is 11.9 Å². The van der Waals surface area contributed by atoms with E-state index in [2.05, 4.69) is 20.6 Å². The number of aromatic nitrogens is 2. The summed E-state index contributed by atoms with van der Waals surface area (Å²) >= 11 is 0. The first-order chi connectivity index (χ1) is 13.3. The van der Waals surface area contributed by atoms with Gasteiger partial charge >= 0.3 is 0 Å².